The molecule has 0 fully saturated rings. The Hall–Kier alpha value is -1.20. The monoisotopic (exact) mass is 619 g/mol. The van der Waals surface area contributed by atoms with Gasteiger partial charge in [0.25, 0.3) is 0 Å². The first kappa shape index (κ1) is 32.0. The summed E-state index contributed by atoms with van der Waals surface area (Å²) >= 11 is 16.7. The predicted molar refractivity (Wildman–Crippen MR) is 155 cm³/mol. The van der Waals surface area contributed by atoms with Crippen LogP contribution in [0.2, 0.25) is 15.1 Å². The zero-order chi connectivity index (χ0) is 28.3. The maximum absolute atomic E-state index is 10.8. The summed E-state index contributed by atoms with van der Waals surface area (Å²) in [7, 11) is 5.50. The van der Waals surface area contributed by atoms with Gasteiger partial charge in [-0.25, -0.2) is 0 Å². The maximum atomic E-state index is 10.8. The first-order chi connectivity index (χ1) is 16.9. The average Bonchev–Trinajstić information content (AvgIpc) is 2.74. The van der Waals surface area contributed by atoms with E-state index >= 15 is 0 Å². The van der Waals surface area contributed by atoms with Crippen LogP contribution in [0.5, 0.6) is 11.5 Å². The molecule has 0 radical (unpaired) electrons. The second kappa shape index (κ2) is 12.8. The number of rotatable bonds is 3. The Morgan fingerprint density at radius 1 is 0.703 bits per heavy atom. The van der Waals surface area contributed by atoms with Crippen molar-refractivity contribution in [1.29, 1.82) is 0 Å². The third-order valence-electron chi connectivity index (χ3n) is 5.78. The van der Waals surface area contributed by atoms with Gasteiger partial charge in [0.2, 0.25) is 0 Å². The molecular formula is C29H34Cl4NO2V. The van der Waals surface area contributed by atoms with E-state index in [1.807, 2.05) is 12.1 Å². The van der Waals surface area contributed by atoms with Crippen molar-refractivity contribution < 1.29 is 25.4 Å². The van der Waals surface area contributed by atoms with Crippen molar-refractivity contribution in [3.05, 3.63) is 84.8 Å². The molecule has 37 heavy (non-hydrogen) atoms. The van der Waals surface area contributed by atoms with Gasteiger partial charge in [0.05, 0.1) is 0 Å². The Labute approximate surface area is 247 Å². The molecule has 8 heteroatoms. The van der Waals surface area contributed by atoms with Crippen LogP contribution >= 0.6 is 44.7 Å². The average molecular weight is 621 g/mol. The van der Waals surface area contributed by atoms with E-state index in [2.05, 4.69) is 71.3 Å². The van der Waals surface area contributed by atoms with Crippen LogP contribution in [0.15, 0.2) is 40.2 Å². The van der Waals surface area contributed by atoms with Crippen molar-refractivity contribution in [2.75, 3.05) is 0 Å². The minimum atomic E-state index is -0.603. The topological polar surface area (TPSA) is 52.8 Å². The van der Waals surface area contributed by atoms with Gasteiger partial charge in [0.15, 0.2) is 0 Å². The van der Waals surface area contributed by atoms with Crippen molar-refractivity contribution >= 4 is 50.3 Å². The van der Waals surface area contributed by atoms with E-state index in [0.29, 0.717) is 38.7 Å². The molecule has 2 N–H and O–H groups in total. The second-order valence-electron chi connectivity index (χ2n) is 11.2. The van der Waals surface area contributed by atoms with Gasteiger partial charge in [-0.1, -0.05) is 76.9 Å². The summed E-state index contributed by atoms with van der Waals surface area (Å²) in [6.07, 6.45) is 0.521. The van der Waals surface area contributed by atoms with Crippen molar-refractivity contribution in [2.45, 2.75) is 72.6 Å². The molecule has 3 rings (SSSR count). The second-order valence-corrected chi connectivity index (χ2v) is 13.6. The normalized spacial score (nSPS) is 12.0. The Morgan fingerprint density at radius 3 is 1.41 bits per heavy atom. The number of phenolic OH excluding ortho intramolecular Hbond substituents is 2. The van der Waals surface area contributed by atoms with Crippen LogP contribution in [0.3, 0.4) is 0 Å². The molecule has 0 saturated heterocycles. The van der Waals surface area contributed by atoms with Crippen LogP contribution < -0.4 is 0 Å². The van der Waals surface area contributed by atoms with Crippen molar-refractivity contribution in [3.8, 4) is 11.5 Å². The van der Waals surface area contributed by atoms with Gasteiger partial charge in [0, 0.05) is 6.42 Å². The number of hydrogen-bond acceptors (Lipinski definition) is 3. The van der Waals surface area contributed by atoms with Gasteiger partial charge >= 0.3 is 96.5 Å². The number of aromatic hydroxyl groups is 2. The summed E-state index contributed by atoms with van der Waals surface area (Å²) in [6.45, 7) is 16.7. The summed E-state index contributed by atoms with van der Waals surface area (Å²) in [4.78, 5) is 0. The van der Waals surface area contributed by atoms with Crippen LogP contribution in [-0.4, -0.2) is 10.2 Å². The number of nitrogens with zero attached hydrogens (tertiary/aromatic N) is 1. The third-order valence-corrected chi connectivity index (χ3v) is 7.32. The van der Waals surface area contributed by atoms with Crippen LogP contribution in [-0.2, 0) is 32.4 Å². The van der Waals surface area contributed by atoms with Crippen LogP contribution in [0.1, 0.15) is 74.9 Å². The number of phenols is 2. The zero-order valence-corrected chi connectivity index (χ0v) is 26.9. The molecule has 0 saturated carbocycles. The molecule has 3 nitrogen and oxygen atoms in total. The molecule has 0 amide bonds. The molecule has 0 unspecified atom stereocenters. The molecule has 3 aromatic rings. The Bertz CT molecular complexity index is 1220. The fourth-order valence-corrected chi connectivity index (χ4v) is 5.85. The summed E-state index contributed by atoms with van der Waals surface area (Å²) < 4.78 is 3.98. The fraction of sp³-hybridized carbons (Fsp3) is 0.379. The standard InChI is InChI=1S/C23H32O2.C6H2Cl3N.ClH.V/c1-14-9-16(20(24)18(11-14)22(3,4)5)13-17-10-15(2)12-19(21(17)25)23(6,7)8;7-3-1-4(8)6(10)5(9)2-3;;/h9-12,24-25H,13H2,1-8H3;1-2H;1H;/q;;;+1/p-1. The zero-order valence-electron chi connectivity index (χ0n) is 22.5. The molecular weight excluding hydrogens is 587 g/mol. The molecule has 0 atom stereocenters. The molecule has 3 aromatic carbocycles. The van der Waals surface area contributed by atoms with Crippen molar-refractivity contribution in [2.24, 2.45) is 3.79 Å². The third kappa shape index (κ3) is 8.65. The SMILES string of the molecule is Cc1cc(Cc2cc(C)cc(C(C)(C)C)c2O)c(O)c(C(C)(C)C)c1.[Cl][V]=[N]c1c(Cl)cc(Cl)cc1Cl. The van der Waals surface area contributed by atoms with E-state index in [1.165, 1.54) is 0 Å². The summed E-state index contributed by atoms with van der Waals surface area (Å²) in [5.41, 5.74) is 6.15. The minimum absolute atomic E-state index is 0.129. The van der Waals surface area contributed by atoms with E-state index < -0.39 is 15.1 Å². The summed E-state index contributed by atoms with van der Waals surface area (Å²) in [6, 6.07) is 11.3. The molecule has 0 bridgehead atoms. The molecule has 0 aliphatic heterocycles. The van der Waals surface area contributed by atoms with Gasteiger partial charge in [-0.2, -0.15) is 0 Å². The van der Waals surface area contributed by atoms with Crippen LogP contribution in [0.4, 0.5) is 5.69 Å². The van der Waals surface area contributed by atoms with E-state index in [1.54, 1.807) is 12.1 Å². The molecule has 0 aliphatic rings. The predicted octanol–water partition coefficient (Wildman–Crippen LogP) is 10.6. The Morgan fingerprint density at radius 2 is 1.08 bits per heavy atom. The first-order valence-electron chi connectivity index (χ1n) is 11.8. The number of benzene rings is 3. The Balaban J connectivity index is 0.000000335. The first-order valence-corrected chi connectivity index (χ1v) is 15.5. The molecule has 200 valence electrons. The van der Waals surface area contributed by atoms with Crippen molar-refractivity contribution in [3.63, 3.8) is 0 Å². The molecule has 0 spiro atoms. The van der Waals surface area contributed by atoms with Gasteiger partial charge in [-0.3, -0.25) is 0 Å². The van der Waals surface area contributed by atoms with E-state index in [4.69, 9.17) is 44.7 Å². The van der Waals surface area contributed by atoms with E-state index in [-0.39, 0.29) is 10.8 Å². The number of halogens is 4. The molecule has 0 aromatic heterocycles. The van der Waals surface area contributed by atoms with Crippen LogP contribution in [0, 0.1) is 13.8 Å². The molecule has 0 aliphatic carbocycles. The summed E-state index contributed by atoms with van der Waals surface area (Å²) in [5.74, 6) is 0.688. The number of hydrogen-bond donors (Lipinski definition) is 2. The van der Waals surface area contributed by atoms with Gasteiger partial charge in [-0.05, 0) is 46.9 Å². The van der Waals surface area contributed by atoms with E-state index in [9.17, 15) is 10.2 Å². The quantitative estimate of drug-likeness (QED) is 0.306. The number of aryl methyl sites for hydroxylation is 2. The molecule has 0 heterocycles. The van der Waals surface area contributed by atoms with Gasteiger partial charge < -0.3 is 10.2 Å². The summed E-state index contributed by atoms with van der Waals surface area (Å²) in [5, 5.41) is 23.0. The van der Waals surface area contributed by atoms with E-state index in [0.717, 1.165) is 33.4 Å². The Kier molecular flexibility index (Phi) is 11.1. The van der Waals surface area contributed by atoms with Gasteiger partial charge in [0.1, 0.15) is 11.5 Å². The van der Waals surface area contributed by atoms with Crippen molar-refractivity contribution in [1.82, 2.24) is 0 Å². The van der Waals surface area contributed by atoms with Crippen LogP contribution in [0.25, 0.3) is 0 Å². The fourth-order valence-electron chi connectivity index (χ4n) is 3.99. The van der Waals surface area contributed by atoms with Gasteiger partial charge in [-0.15, -0.1) is 0 Å².